The first kappa shape index (κ1) is 27.1. The Hall–Kier alpha value is -3.47. The summed E-state index contributed by atoms with van der Waals surface area (Å²) in [6.45, 7) is 2.64. The third-order valence-electron chi connectivity index (χ3n) is 7.27. The topological polar surface area (TPSA) is 86.6 Å². The van der Waals surface area contributed by atoms with Gasteiger partial charge in [0.05, 0.1) is 25.3 Å². The van der Waals surface area contributed by atoms with Crippen LogP contribution in [-0.4, -0.2) is 64.3 Å². The maximum absolute atomic E-state index is 13.1. The van der Waals surface area contributed by atoms with E-state index in [2.05, 4.69) is 10.1 Å². The highest BCUT2D eigenvalue weighted by atomic mass is 19.4. The molecule has 39 heavy (non-hydrogen) atoms. The molecule has 2 aliphatic rings. The second-order valence-electron chi connectivity index (χ2n) is 10.2. The van der Waals surface area contributed by atoms with Crippen molar-refractivity contribution in [3.63, 3.8) is 0 Å². The van der Waals surface area contributed by atoms with Crippen molar-refractivity contribution in [1.29, 1.82) is 0 Å². The van der Waals surface area contributed by atoms with Crippen molar-refractivity contribution in [2.24, 2.45) is 5.92 Å². The summed E-state index contributed by atoms with van der Waals surface area (Å²) < 4.78 is 52.5. The molecule has 1 aliphatic heterocycles. The quantitative estimate of drug-likeness (QED) is 0.383. The van der Waals surface area contributed by atoms with E-state index in [1.807, 2.05) is 0 Å². The Morgan fingerprint density at radius 2 is 1.85 bits per heavy atom. The monoisotopic (exact) mass is 544 g/mol. The van der Waals surface area contributed by atoms with E-state index in [1.54, 1.807) is 27.9 Å². The molecule has 0 N–H and O–H groups in total. The third kappa shape index (κ3) is 6.76. The zero-order valence-corrected chi connectivity index (χ0v) is 21.6. The molecule has 5 rings (SSSR count). The van der Waals surface area contributed by atoms with Gasteiger partial charge in [0, 0.05) is 42.7 Å². The Labute approximate surface area is 224 Å². The highest BCUT2D eigenvalue weighted by molar-refractivity contribution is 5.97. The van der Waals surface area contributed by atoms with Crippen LogP contribution in [0.5, 0.6) is 5.75 Å². The molecule has 0 atom stereocenters. The van der Waals surface area contributed by atoms with Crippen LogP contribution in [0, 0.1) is 5.92 Å². The minimum Gasteiger partial charge on any atom is -0.493 e. The molecule has 3 heterocycles. The molecule has 0 radical (unpaired) electrons. The Morgan fingerprint density at radius 1 is 1.08 bits per heavy atom. The number of hydrogen-bond acceptors (Lipinski definition) is 6. The second kappa shape index (κ2) is 11.7. The number of Topliss-reactive ketones (excluding diaryl/α,β-unsaturated/α-hetero) is 1. The lowest BCUT2D eigenvalue weighted by Crippen LogP contribution is -2.42. The third-order valence-corrected chi connectivity index (χ3v) is 7.27. The summed E-state index contributed by atoms with van der Waals surface area (Å²) in [7, 11) is 0. The van der Waals surface area contributed by atoms with Crippen molar-refractivity contribution >= 4 is 22.6 Å². The molecule has 3 aromatic rings. The molecule has 2 fully saturated rings. The average Bonchev–Trinajstić information content (AvgIpc) is 3.33. The van der Waals surface area contributed by atoms with Gasteiger partial charge >= 0.3 is 6.18 Å². The Balaban J connectivity index is 1.39. The van der Waals surface area contributed by atoms with E-state index in [4.69, 9.17) is 9.47 Å². The summed E-state index contributed by atoms with van der Waals surface area (Å²) in [4.78, 5) is 31.0. The maximum atomic E-state index is 13.1. The molecule has 1 aromatic carbocycles. The number of ketones is 1. The lowest BCUT2D eigenvalue weighted by Gasteiger charge is -2.26. The van der Waals surface area contributed by atoms with Crippen molar-refractivity contribution in [3.05, 3.63) is 53.5 Å². The minimum absolute atomic E-state index is 0.0640. The number of rotatable bonds is 8. The Kier molecular flexibility index (Phi) is 8.15. The number of aromatic nitrogens is 3. The maximum Gasteiger partial charge on any atom is 0.433 e. The van der Waals surface area contributed by atoms with Crippen LogP contribution in [0.1, 0.15) is 53.8 Å². The number of halogens is 3. The number of benzene rings is 1. The lowest BCUT2D eigenvalue weighted by atomic mass is 9.90. The van der Waals surface area contributed by atoms with Gasteiger partial charge in [0.15, 0.2) is 5.78 Å². The van der Waals surface area contributed by atoms with Crippen molar-refractivity contribution in [3.8, 4) is 5.75 Å². The smallest absolute Gasteiger partial charge is 0.433 e. The van der Waals surface area contributed by atoms with Crippen LogP contribution in [0.2, 0.25) is 0 Å². The highest BCUT2D eigenvalue weighted by Crippen LogP contribution is 2.31. The Bertz CT molecular complexity index is 1330. The first-order chi connectivity index (χ1) is 18.8. The van der Waals surface area contributed by atoms with E-state index in [1.165, 1.54) is 18.6 Å². The molecule has 1 aliphatic carbocycles. The second-order valence-corrected chi connectivity index (χ2v) is 10.2. The van der Waals surface area contributed by atoms with Gasteiger partial charge in [0.1, 0.15) is 23.7 Å². The van der Waals surface area contributed by atoms with E-state index in [-0.39, 0.29) is 24.6 Å². The number of pyridine rings is 1. The predicted molar refractivity (Wildman–Crippen MR) is 136 cm³/mol. The van der Waals surface area contributed by atoms with Crippen LogP contribution < -0.4 is 4.74 Å². The van der Waals surface area contributed by atoms with E-state index in [0.29, 0.717) is 61.0 Å². The van der Waals surface area contributed by atoms with Gasteiger partial charge in [0.2, 0.25) is 5.91 Å². The summed E-state index contributed by atoms with van der Waals surface area (Å²) in [5.74, 6) is 0.272. The van der Waals surface area contributed by atoms with Gasteiger partial charge in [-0.15, -0.1) is 0 Å². The summed E-state index contributed by atoms with van der Waals surface area (Å²) >= 11 is 0. The number of nitrogens with zero attached hydrogens (tertiary/aromatic N) is 4. The van der Waals surface area contributed by atoms with Gasteiger partial charge in [-0.1, -0.05) is 25.3 Å². The molecule has 1 saturated heterocycles. The first-order valence-electron chi connectivity index (χ1n) is 13.3. The van der Waals surface area contributed by atoms with Crippen LogP contribution >= 0.6 is 0 Å². The molecule has 1 saturated carbocycles. The number of carbonyl (C=O) groups excluding carboxylic acids is 2. The van der Waals surface area contributed by atoms with Gasteiger partial charge in [-0.25, -0.2) is 4.98 Å². The van der Waals surface area contributed by atoms with Crippen LogP contribution in [0.4, 0.5) is 13.2 Å². The SMILES string of the molecule is O=C(Cc1cc2cn(CC(=O)N3CCOCC3)nc2cc1OCC1CCCCC1)c1cccc(C(F)(F)F)n1. The predicted octanol–water partition coefficient (Wildman–Crippen LogP) is 4.69. The summed E-state index contributed by atoms with van der Waals surface area (Å²) in [5.41, 5.74) is -0.211. The summed E-state index contributed by atoms with van der Waals surface area (Å²) in [6.07, 6.45) is 2.58. The van der Waals surface area contributed by atoms with Crippen LogP contribution in [0.25, 0.3) is 10.9 Å². The molecule has 1 amide bonds. The van der Waals surface area contributed by atoms with Crippen molar-refractivity contribution in [1.82, 2.24) is 19.7 Å². The molecule has 11 heteroatoms. The number of amides is 1. The van der Waals surface area contributed by atoms with Crippen LogP contribution in [-0.2, 0) is 28.7 Å². The number of hydrogen-bond donors (Lipinski definition) is 0. The van der Waals surface area contributed by atoms with E-state index >= 15 is 0 Å². The zero-order valence-electron chi connectivity index (χ0n) is 21.6. The van der Waals surface area contributed by atoms with Crippen molar-refractivity contribution in [2.45, 2.75) is 51.2 Å². The Morgan fingerprint density at radius 3 is 2.59 bits per heavy atom. The van der Waals surface area contributed by atoms with Crippen LogP contribution in [0.15, 0.2) is 36.5 Å². The normalized spacial score (nSPS) is 16.9. The minimum atomic E-state index is -4.64. The fraction of sp³-hybridized carbons (Fsp3) is 0.500. The first-order valence-corrected chi connectivity index (χ1v) is 13.3. The highest BCUT2D eigenvalue weighted by Gasteiger charge is 2.33. The molecule has 0 unspecified atom stereocenters. The van der Waals surface area contributed by atoms with Gasteiger partial charge in [-0.2, -0.15) is 18.3 Å². The molecule has 0 spiro atoms. The molecular weight excluding hydrogens is 513 g/mol. The van der Waals surface area contributed by atoms with Gasteiger partial charge in [0.25, 0.3) is 0 Å². The van der Waals surface area contributed by atoms with Gasteiger partial charge < -0.3 is 14.4 Å². The lowest BCUT2D eigenvalue weighted by molar-refractivity contribution is -0.141. The fourth-order valence-electron chi connectivity index (χ4n) is 5.13. The standard InChI is InChI=1S/C28H31F3N4O4/c29-28(30,31)26-8-4-7-22(32-26)24(36)14-20-13-21-16-35(17-27(37)34-9-11-38-12-10-34)33-23(21)15-25(20)39-18-19-5-2-1-3-6-19/h4,7-8,13,15-16,19H,1-3,5-6,9-12,14,17-18H2. The number of fused-ring (bicyclic) bond motifs is 1. The van der Waals surface area contributed by atoms with E-state index in [0.717, 1.165) is 31.7 Å². The number of morpholine rings is 1. The molecule has 8 nitrogen and oxygen atoms in total. The molecule has 2 aromatic heterocycles. The molecule has 0 bridgehead atoms. The van der Waals surface area contributed by atoms with Crippen molar-refractivity contribution in [2.75, 3.05) is 32.9 Å². The number of carbonyl (C=O) groups is 2. The van der Waals surface area contributed by atoms with Gasteiger partial charge in [-0.05, 0) is 37.0 Å². The summed E-state index contributed by atoms with van der Waals surface area (Å²) in [5, 5.41) is 5.26. The summed E-state index contributed by atoms with van der Waals surface area (Å²) in [6, 6.07) is 6.82. The fourth-order valence-corrected chi connectivity index (χ4v) is 5.13. The average molecular weight is 545 g/mol. The van der Waals surface area contributed by atoms with E-state index in [9.17, 15) is 22.8 Å². The van der Waals surface area contributed by atoms with Crippen LogP contribution in [0.3, 0.4) is 0 Å². The number of alkyl halides is 3. The zero-order chi connectivity index (χ0) is 27.4. The molecular formula is C28H31F3N4O4. The molecule has 208 valence electrons. The largest absolute Gasteiger partial charge is 0.493 e. The van der Waals surface area contributed by atoms with Gasteiger partial charge in [-0.3, -0.25) is 14.3 Å². The van der Waals surface area contributed by atoms with E-state index < -0.39 is 17.7 Å². The van der Waals surface area contributed by atoms with Crippen molar-refractivity contribution < 1.29 is 32.2 Å². The number of ether oxygens (including phenoxy) is 2.